The van der Waals surface area contributed by atoms with Crippen molar-refractivity contribution in [1.82, 2.24) is 19.5 Å². The molecule has 1 saturated carbocycles. The van der Waals surface area contributed by atoms with Crippen LogP contribution in [0.25, 0.3) is 16.9 Å². The number of benzene rings is 1. The van der Waals surface area contributed by atoms with Crippen LogP contribution >= 0.6 is 0 Å². The van der Waals surface area contributed by atoms with Gasteiger partial charge in [-0.1, -0.05) is 24.1 Å². The summed E-state index contributed by atoms with van der Waals surface area (Å²) in [6, 6.07) is 13.2. The minimum atomic E-state index is -0.325. The average Bonchev–Trinajstić information content (AvgIpc) is 3.51. The highest BCUT2D eigenvalue weighted by molar-refractivity contribution is 5.95. The molecular formula is C25H25N5O2. The molecule has 0 bridgehead atoms. The molecule has 2 aromatic heterocycles. The van der Waals surface area contributed by atoms with Gasteiger partial charge in [0.15, 0.2) is 5.65 Å². The van der Waals surface area contributed by atoms with Gasteiger partial charge in [0.25, 0.3) is 5.91 Å². The smallest absolute Gasteiger partial charge is 0.254 e. The molecule has 2 heterocycles. The van der Waals surface area contributed by atoms with E-state index in [2.05, 4.69) is 41.1 Å². The number of pyridine rings is 1. The molecule has 1 unspecified atom stereocenters. The van der Waals surface area contributed by atoms with Crippen LogP contribution in [0.3, 0.4) is 0 Å². The summed E-state index contributed by atoms with van der Waals surface area (Å²) >= 11 is 0. The largest absolute Gasteiger partial charge is 0.335 e. The summed E-state index contributed by atoms with van der Waals surface area (Å²) in [4.78, 5) is 31.3. The Labute approximate surface area is 186 Å². The Morgan fingerprint density at radius 2 is 1.88 bits per heavy atom. The number of hydrogen-bond donors (Lipinski definition) is 1. The number of amides is 2. The summed E-state index contributed by atoms with van der Waals surface area (Å²) in [5.74, 6) is 6.75. The van der Waals surface area contributed by atoms with Gasteiger partial charge >= 0.3 is 0 Å². The molecule has 1 aromatic carbocycles. The molecule has 1 N–H and O–H groups in total. The van der Waals surface area contributed by atoms with Crippen molar-refractivity contribution < 1.29 is 9.59 Å². The first-order valence-corrected chi connectivity index (χ1v) is 10.9. The van der Waals surface area contributed by atoms with Gasteiger partial charge in [-0.25, -0.2) is 4.52 Å². The topological polar surface area (TPSA) is 79.6 Å². The van der Waals surface area contributed by atoms with Crippen molar-refractivity contribution in [3.8, 4) is 23.1 Å². The maximum atomic E-state index is 13.1. The van der Waals surface area contributed by atoms with Crippen molar-refractivity contribution in [2.45, 2.75) is 38.6 Å². The molecular weight excluding hydrogens is 402 g/mol. The van der Waals surface area contributed by atoms with Crippen LogP contribution in [-0.4, -0.2) is 43.9 Å². The number of aromatic nitrogens is 3. The van der Waals surface area contributed by atoms with Gasteiger partial charge in [0, 0.05) is 30.5 Å². The van der Waals surface area contributed by atoms with E-state index in [0.29, 0.717) is 17.2 Å². The zero-order valence-electron chi connectivity index (χ0n) is 18.4. The third kappa shape index (κ3) is 3.52. The van der Waals surface area contributed by atoms with E-state index < -0.39 is 0 Å². The maximum Gasteiger partial charge on any atom is 0.254 e. The van der Waals surface area contributed by atoms with E-state index in [1.807, 2.05) is 49.5 Å². The highest BCUT2D eigenvalue weighted by atomic mass is 16.2. The summed E-state index contributed by atoms with van der Waals surface area (Å²) in [7, 11) is 1.84. The van der Waals surface area contributed by atoms with E-state index in [1.165, 1.54) is 0 Å². The van der Waals surface area contributed by atoms with Gasteiger partial charge in [0.1, 0.15) is 0 Å². The second kappa shape index (κ2) is 7.49. The van der Waals surface area contributed by atoms with Crippen molar-refractivity contribution in [1.29, 1.82) is 0 Å². The van der Waals surface area contributed by atoms with Crippen LogP contribution in [0.1, 0.15) is 43.5 Å². The van der Waals surface area contributed by atoms with Crippen molar-refractivity contribution in [3.05, 3.63) is 48.0 Å². The van der Waals surface area contributed by atoms with Crippen LogP contribution in [0.15, 0.2) is 42.5 Å². The molecule has 0 saturated heterocycles. The lowest BCUT2D eigenvalue weighted by molar-refractivity contribution is -0.117. The van der Waals surface area contributed by atoms with Gasteiger partial charge in [-0.2, -0.15) is 4.98 Å². The Morgan fingerprint density at radius 3 is 2.50 bits per heavy atom. The molecule has 2 aliphatic rings. The minimum Gasteiger partial charge on any atom is -0.335 e. The SMILES string of the molecule is CN(C(=O)c1ccc(-c2cccc3nc(NC(=O)C4CC4)nn23)cc1)C(C)(C)C1C#CC1. The summed E-state index contributed by atoms with van der Waals surface area (Å²) < 4.78 is 1.71. The first kappa shape index (κ1) is 20.3. The molecule has 1 atom stereocenters. The number of carbonyl (C=O) groups is 2. The number of fused-ring (bicyclic) bond motifs is 1. The van der Waals surface area contributed by atoms with Crippen molar-refractivity contribution in [2.75, 3.05) is 12.4 Å². The van der Waals surface area contributed by atoms with E-state index in [1.54, 1.807) is 9.42 Å². The Bertz CT molecular complexity index is 1280. The number of anilines is 1. The summed E-state index contributed by atoms with van der Waals surface area (Å²) in [5, 5.41) is 7.28. The monoisotopic (exact) mass is 427 g/mol. The Balaban J connectivity index is 1.39. The van der Waals surface area contributed by atoms with Gasteiger partial charge in [0.05, 0.1) is 17.2 Å². The van der Waals surface area contributed by atoms with E-state index in [4.69, 9.17) is 0 Å². The Hall–Kier alpha value is -3.66. The van der Waals surface area contributed by atoms with Crippen molar-refractivity contribution in [2.24, 2.45) is 11.8 Å². The molecule has 32 heavy (non-hydrogen) atoms. The second-order valence-electron chi connectivity index (χ2n) is 9.05. The minimum absolute atomic E-state index is 0.0229. The molecule has 0 radical (unpaired) electrons. The van der Waals surface area contributed by atoms with Crippen molar-refractivity contribution >= 4 is 23.4 Å². The lowest BCUT2D eigenvalue weighted by Crippen LogP contribution is -2.51. The van der Waals surface area contributed by atoms with E-state index in [-0.39, 0.29) is 29.2 Å². The first-order chi connectivity index (χ1) is 15.3. The highest BCUT2D eigenvalue weighted by Gasteiger charge is 2.37. The lowest BCUT2D eigenvalue weighted by atomic mass is 9.79. The summed E-state index contributed by atoms with van der Waals surface area (Å²) in [6.45, 7) is 4.12. The van der Waals surface area contributed by atoms with E-state index in [9.17, 15) is 9.59 Å². The average molecular weight is 428 g/mol. The molecule has 2 amide bonds. The van der Waals surface area contributed by atoms with Crippen LogP contribution < -0.4 is 5.32 Å². The lowest BCUT2D eigenvalue weighted by Gasteiger charge is -2.41. The van der Waals surface area contributed by atoms with Gasteiger partial charge in [0.2, 0.25) is 11.9 Å². The van der Waals surface area contributed by atoms with Gasteiger partial charge in [-0.05, 0) is 51.0 Å². The van der Waals surface area contributed by atoms with Crippen LogP contribution in [0.4, 0.5) is 5.95 Å². The zero-order valence-corrected chi connectivity index (χ0v) is 18.4. The van der Waals surface area contributed by atoms with Crippen LogP contribution in [-0.2, 0) is 4.79 Å². The maximum absolute atomic E-state index is 13.1. The fourth-order valence-electron chi connectivity index (χ4n) is 3.84. The fourth-order valence-corrected chi connectivity index (χ4v) is 3.84. The molecule has 162 valence electrons. The predicted molar refractivity (Wildman–Crippen MR) is 122 cm³/mol. The number of nitrogens with zero attached hydrogens (tertiary/aromatic N) is 4. The quantitative estimate of drug-likeness (QED) is 0.610. The van der Waals surface area contributed by atoms with Crippen LogP contribution in [0, 0.1) is 23.7 Å². The first-order valence-electron chi connectivity index (χ1n) is 10.9. The molecule has 0 aliphatic heterocycles. The van der Waals surface area contributed by atoms with E-state index >= 15 is 0 Å². The van der Waals surface area contributed by atoms with Crippen LogP contribution in [0.5, 0.6) is 0 Å². The van der Waals surface area contributed by atoms with Gasteiger partial charge in [-0.3, -0.25) is 14.9 Å². The number of nitrogens with one attached hydrogen (secondary N) is 1. The number of hydrogen-bond acceptors (Lipinski definition) is 4. The summed E-state index contributed by atoms with van der Waals surface area (Å²) in [6.07, 6.45) is 2.68. The molecule has 7 heteroatoms. The number of carbonyl (C=O) groups excluding carboxylic acids is 2. The molecule has 3 aromatic rings. The number of rotatable bonds is 6. The zero-order chi connectivity index (χ0) is 22.5. The molecule has 7 nitrogen and oxygen atoms in total. The summed E-state index contributed by atoms with van der Waals surface area (Å²) in [5.41, 5.74) is 2.69. The van der Waals surface area contributed by atoms with Crippen LogP contribution in [0.2, 0.25) is 0 Å². The molecule has 0 spiro atoms. The molecule has 5 rings (SSSR count). The fraction of sp³-hybridized carbons (Fsp3) is 0.360. The molecule has 2 aliphatic carbocycles. The second-order valence-corrected chi connectivity index (χ2v) is 9.05. The van der Waals surface area contributed by atoms with Gasteiger partial charge < -0.3 is 4.90 Å². The third-order valence-electron chi connectivity index (χ3n) is 6.57. The normalized spacial score (nSPS) is 17.3. The Morgan fingerprint density at radius 1 is 1.16 bits per heavy atom. The van der Waals surface area contributed by atoms with Crippen molar-refractivity contribution in [3.63, 3.8) is 0 Å². The Kier molecular flexibility index (Phi) is 4.74. The standard InChI is InChI=1S/C25H25N5O2/c1-25(2,19-6-4-7-19)29(3)23(32)18-14-10-16(11-15-18)20-8-5-9-21-26-24(28-30(20)21)27-22(31)17-12-13-17/h5,8-11,14-15,17,19H,6,12-13H2,1-3H3,(H,27,28,31). The highest BCUT2D eigenvalue weighted by Crippen LogP contribution is 2.31. The predicted octanol–water partition coefficient (Wildman–Crippen LogP) is 3.62. The molecule has 1 fully saturated rings. The van der Waals surface area contributed by atoms with E-state index in [0.717, 1.165) is 30.5 Å². The third-order valence-corrected chi connectivity index (χ3v) is 6.57. The van der Waals surface area contributed by atoms with Gasteiger partial charge in [-0.15, -0.1) is 11.0 Å².